The van der Waals surface area contributed by atoms with Gasteiger partial charge in [0.1, 0.15) is 17.4 Å². The van der Waals surface area contributed by atoms with E-state index in [-0.39, 0.29) is 11.4 Å². The average molecular weight is 269 g/mol. The molecule has 0 aliphatic heterocycles. The molecule has 3 N–H and O–H groups in total. The van der Waals surface area contributed by atoms with Crippen LogP contribution in [0, 0.1) is 0 Å². The predicted molar refractivity (Wildman–Crippen MR) is 67.8 cm³/mol. The number of hydrogen-bond donors (Lipinski definition) is 2. The largest absolute Gasteiger partial charge is 0.384 e. The van der Waals surface area contributed by atoms with Crippen molar-refractivity contribution in [3.05, 3.63) is 24.0 Å². The zero-order valence-corrected chi connectivity index (χ0v) is 11.0. The number of para-hydroxylation sites is 1. The van der Waals surface area contributed by atoms with Gasteiger partial charge in [-0.25, -0.2) is 13.4 Å². The second kappa shape index (κ2) is 4.34. The van der Waals surface area contributed by atoms with Gasteiger partial charge in [-0.2, -0.15) is 0 Å². The van der Waals surface area contributed by atoms with Gasteiger partial charge < -0.3 is 15.4 Å². The highest BCUT2D eigenvalue weighted by atomic mass is 32.2. The standard InChI is InChI=1S/C11H15N3O3S/c1-14-7-4-3-5-9(18(2,16)17)10(7)13-11(14)8(15)6-12/h3-5,8,15H,6,12H2,1-2H3. The van der Waals surface area contributed by atoms with Crippen LogP contribution in [0.1, 0.15) is 11.9 Å². The molecule has 6 nitrogen and oxygen atoms in total. The highest BCUT2D eigenvalue weighted by Crippen LogP contribution is 2.25. The molecule has 0 amide bonds. The number of nitrogens with two attached hydrogens (primary N) is 1. The Morgan fingerprint density at radius 2 is 2.17 bits per heavy atom. The van der Waals surface area contributed by atoms with Crippen LogP contribution in [0.3, 0.4) is 0 Å². The van der Waals surface area contributed by atoms with Crippen molar-refractivity contribution in [1.29, 1.82) is 0 Å². The molecule has 0 aliphatic rings. The van der Waals surface area contributed by atoms with Crippen LogP contribution in [-0.2, 0) is 16.9 Å². The quantitative estimate of drug-likeness (QED) is 0.815. The number of hydrogen-bond acceptors (Lipinski definition) is 5. The molecule has 1 aromatic heterocycles. The van der Waals surface area contributed by atoms with Crippen molar-refractivity contribution < 1.29 is 13.5 Å². The third-order valence-corrected chi connectivity index (χ3v) is 3.96. The number of aromatic nitrogens is 2. The lowest BCUT2D eigenvalue weighted by molar-refractivity contribution is 0.174. The Hall–Kier alpha value is -1.44. The van der Waals surface area contributed by atoms with E-state index in [0.717, 1.165) is 6.26 Å². The van der Waals surface area contributed by atoms with E-state index in [4.69, 9.17) is 5.73 Å². The van der Waals surface area contributed by atoms with Crippen LogP contribution in [-0.4, -0.2) is 35.9 Å². The summed E-state index contributed by atoms with van der Waals surface area (Å²) in [6.07, 6.45) is 0.227. The van der Waals surface area contributed by atoms with Gasteiger partial charge in [-0.05, 0) is 12.1 Å². The Morgan fingerprint density at radius 1 is 1.50 bits per heavy atom. The average Bonchev–Trinajstić information content (AvgIpc) is 2.65. The second-order valence-electron chi connectivity index (χ2n) is 4.18. The first kappa shape index (κ1) is 13.0. The summed E-state index contributed by atoms with van der Waals surface area (Å²) < 4.78 is 25.0. The molecule has 0 aliphatic carbocycles. The number of fused-ring (bicyclic) bond motifs is 1. The normalized spacial score (nSPS) is 14.0. The summed E-state index contributed by atoms with van der Waals surface area (Å²) in [5, 5.41) is 9.75. The van der Waals surface area contributed by atoms with E-state index >= 15 is 0 Å². The summed E-state index contributed by atoms with van der Waals surface area (Å²) >= 11 is 0. The maximum absolute atomic E-state index is 11.7. The van der Waals surface area contributed by atoms with E-state index in [0.29, 0.717) is 16.9 Å². The summed E-state index contributed by atoms with van der Waals surface area (Å²) in [7, 11) is -1.64. The molecule has 0 saturated heterocycles. The van der Waals surface area contributed by atoms with E-state index in [2.05, 4.69) is 4.98 Å². The molecule has 0 spiro atoms. The van der Waals surface area contributed by atoms with Crippen molar-refractivity contribution in [3.63, 3.8) is 0 Å². The van der Waals surface area contributed by atoms with E-state index in [9.17, 15) is 13.5 Å². The van der Waals surface area contributed by atoms with Crippen LogP contribution in [0.4, 0.5) is 0 Å². The summed E-state index contributed by atoms with van der Waals surface area (Å²) in [6.45, 7) is 0.0331. The SMILES string of the molecule is Cn1c(C(O)CN)nc2c(S(C)(=O)=O)cccc21. The fraction of sp³-hybridized carbons (Fsp3) is 0.364. The van der Waals surface area contributed by atoms with Crippen LogP contribution in [0.15, 0.2) is 23.1 Å². The van der Waals surface area contributed by atoms with Crippen molar-refractivity contribution in [2.24, 2.45) is 12.8 Å². The monoisotopic (exact) mass is 269 g/mol. The molecule has 0 fully saturated rings. The molecular weight excluding hydrogens is 254 g/mol. The van der Waals surface area contributed by atoms with Crippen LogP contribution < -0.4 is 5.73 Å². The number of sulfone groups is 1. The molecular formula is C11H15N3O3S. The molecule has 0 saturated carbocycles. The Labute approximate surface area is 105 Å². The van der Waals surface area contributed by atoms with Gasteiger partial charge in [0.2, 0.25) is 0 Å². The van der Waals surface area contributed by atoms with Crippen LogP contribution in [0.2, 0.25) is 0 Å². The Bertz CT molecular complexity index is 691. The zero-order chi connectivity index (χ0) is 13.5. The van der Waals surface area contributed by atoms with E-state index < -0.39 is 15.9 Å². The lowest BCUT2D eigenvalue weighted by atomic mass is 10.3. The number of aliphatic hydroxyl groups excluding tert-OH is 1. The van der Waals surface area contributed by atoms with E-state index in [1.165, 1.54) is 6.07 Å². The lowest BCUT2D eigenvalue weighted by Crippen LogP contribution is -2.15. The van der Waals surface area contributed by atoms with Crippen molar-refractivity contribution in [2.45, 2.75) is 11.0 Å². The maximum atomic E-state index is 11.7. The minimum Gasteiger partial charge on any atom is -0.384 e. The van der Waals surface area contributed by atoms with Gasteiger partial charge in [0.25, 0.3) is 0 Å². The highest BCUT2D eigenvalue weighted by molar-refractivity contribution is 7.91. The zero-order valence-electron chi connectivity index (χ0n) is 10.2. The van der Waals surface area contributed by atoms with E-state index in [1.807, 2.05) is 0 Å². The number of aryl methyl sites for hydroxylation is 1. The fourth-order valence-electron chi connectivity index (χ4n) is 1.91. The smallest absolute Gasteiger partial charge is 0.177 e. The van der Waals surface area contributed by atoms with Gasteiger partial charge in [-0.15, -0.1) is 0 Å². The molecule has 7 heteroatoms. The number of nitrogens with zero attached hydrogens (tertiary/aromatic N) is 2. The summed E-state index contributed by atoms with van der Waals surface area (Å²) in [5.41, 5.74) is 6.42. The van der Waals surface area contributed by atoms with Gasteiger partial charge in [0.15, 0.2) is 9.84 Å². The Morgan fingerprint density at radius 3 is 2.72 bits per heavy atom. The third kappa shape index (κ3) is 2.00. The van der Waals surface area contributed by atoms with Gasteiger partial charge in [-0.3, -0.25) is 0 Å². The molecule has 1 unspecified atom stereocenters. The third-order valence-electron chi connectivity index (χ3n) is 2.83. The molecule has 1 aromatic carbocycles. The molecule has 0 radical (unpaired) electrons. The number of rotatable bonds is 3. The van der Waals surface area contributed by atoms with Gasteiger partial charge in [0.05, 0.1) is 10.4 Å². The first-order chi connectivity index (χ1) is 8.36. The van der Waals surface area contributed by atoms with Crippen molar-refractivity contribution in [1.82, 2.24) is 9.55 Å². The van der Waals surface area contributed by atoms with E-state index in [1.54, 1.807) is 23.7 Å². The topological polar surface area (TPSA) is 98.2 Å². The molecule has 2 rings (SSSR count). The molecule has 18 heavy (non-hydrogen) atoms. The van der Waals surface area contributed by atoms with Crippen molar-refractivity contribution >= 4 is 20.9 Å². The first-order valence-electron chi connectivity index (χ1n) is 5.39. The molecule has 0 bridgehead atoms. The Kier molecular flexibility index (Phi) is 3.14. The predicted octanol–water partition coefficient (Wildman–Crippen LogP) is -0.0311. The maximum Gasteiger partial charge on any atom is 0.177 e. The minimum atomic E-state index is -3.35. The number of benzene rings is 1. The van der Waals surface area contributed by atoms with Crippen molar-refractivity contribution in [3.8, 4) is 0 Å². The summed E-state index contributed by atoms with van der Waals surface area (Å²) in [4.78, 5) is 4.36. The first-order valence-corrected chi connectivity index (χ1v) is 7.29. The van der Waals surface area contributed by atoms with Crippen molar-refractivity contribution in [2.75, 3.05) is 12.8 Å². The fourth-order valence-corrected chi connectivity index (χ4v) is 2.74. The van der Waals surface area contributed by atoms with Crippen LogP contribution in [0.25, 0.3) is 11.0 Å². The Balaban J connectivity index is 2.80. The van der Waals surface area contributed by atoms with Gasteiger partial charge >= 0.3 is 0 Å². The van der Waals surface area contributed by atoms with Crippen LogP contribution in [0.5, 0.6) is 0 Å². The molecule has 2 aromatic rings. The molecule has 1 heterocycles. The van der Waals surface area contributed by atoms with Gasteiger partial charge in [0, 0.05) is 19.8 Å². The van der Waals surface area contributed by atoms with Crippen LogP contribution >= 0.6 is 0 Å². The summed E-state index contributed by atoms with van der Waals surface area (Å²) in [5.74, 6) is 0.364. The van der Waals surface area contributed by atoms with Gasteiger partial charge in [-0.1, -0.05) is 6.07 Å². The number of aliphatic hydroxyl groups is 1. The highest BCUT2D eigenvalue weighted by Gasteiger charge is 2.20. The number of imidazole rings is 1. The molecule has 98 valence electrons. The molecule has 1 atom stereocenters. The minimum absolute atomic E-state index is 0.0331. The summed E-state index contributed by atoms with van der Waals surface area (Å²) in [6, 6.07) is 4.91. The second-order valence-corrected chi connectivity index (χ2v) is 6.16. The lowest BCUT2D eigenvalue weighted by Gasteiger charge is -2.06.